The summed E-state index contributed by atoms with van der Waals surface area (Å²) in [7, 11) is 0. The summed E-state index contributed by atoms with van der Waals surface area (Å²) in [6.07, 6.45) is 0.524. The number of hydrogen-bond acceptors (Lipinski definition) is 3. The van der Waals surface area contributed by atoms with Crippen molar-refractivity contribution in [3.8, 4) is 0 Å². The third-order valence-corrected chi connectivity index (χ3v) is 5.00. The van der Waals surface area contributed by atoms with Gasteiger partial charge in [-0.05, 0) is 18.6 Å². The number of rotatable bonds is 2. The summed E-state index contributed by atoms with van der Waals surface area (Å²) in [6, 6.07) is 7.41. The molecule has 2 atom stereocenters. The van der Waals surface area contributed by atoms with Crippen LogP contribution in [-0.2, 0) is 16.0 Å². The fraction of sp³-hybridized carbons (Fsp3) is 0.412. The molecule has 23 heavy (non-hydrogen) atoms. The Morgan fingerprint density at radius 3 is 2.87 bits per heavy atom. The van der Waals surface area contributed by atoms with Gasteiger partial charge in [0, 0.05) is 29.6 Å². The molecule has 0 spiro atoms. The fourth-order valence-corrected chi connectivity index (χ4v) is 3.94. The Labute approximate surface area is 133 Å². The smallest absolute Gasteiger partial charge is 0.246 e. The molecule has 0 unspecified atom stereocenters. The zero-order chi connectivity index (χ0) is 16.1. The number of carbonyl (C=O) groups excluding carboxylic acids is 2. The van der Waals surface area contributed by atoms with Crippen LogP contribution in [0.1, 0.15) is 24.2 Å². The summed E-state index contributed by atoms with van der Waals surface area (Å²) < 4.78 is 0. The second-order valence-corrected chi connectivity index (χ2v) is 6.24. The highest BCUT2D eigenvalue weighted by molar-refractivity contribution is 5.97. The molecule has 0 bridgehead atoms. The van der Waals surface area contributed by atoms with Crippen LogP contribution < -0.4 is 0 Å². The van der Waals surface area contributed by atoms with Gasteiger partial charge in [-0.15, -0.1) is 0 Å². The molecular formula is C17H19N3O3. The van der Waals surface area contributed by atoms with Crippen LogP contribution in [0, 0.1) is 0 Å². The van der Waals surface area contributed by atoms with Gasteiger partial charge < -0.3 is 19.9 Å². The van der Waals surface area contributed by atoms with E-state index in [1.54, 1.807) is 4.90 Å². The highest BCUT2D eigenvalue weighted by atomic mass is 16.3. The van der Waals surface area contributed by atoms with Crippen LogP contribution in [0.3, 0.4) is 0 Å². The molecule has 0 aliphatic carbocycles. The van der Waals surface area contributed by atoms with Gasteiger partial charge in [-0.1, -0.05) is 18.2 Å². The van der Waals surface area contributed by atoms with Gasteiger partial charge in [-0.25, -0.2) is 0 Å². The zero-order valence-corrected chi connectivity index (χ0v) is 13.0. The average molecular weight is 313 g/mol. The number of aromatic nitrogens is 1. The van der Waals surface area contributed by atoms with E-state index >= 15 is 0 Å². The van der Waals surface area contributed by atoms with Crippen molar-refractivity contribution in [2.24, 2.45) is 0 Å². The minimum absolute atomic E-state index is 0.0514. The van der Waals surface area contributed by atoms with Crippen LogP contribution in [0.4, 0.5) is 0 Å². The van der Waals surface area contributed by atoms with Crippen molar-refractivity contribution in [3.63, 3.8) is 0 Å². The number of carbonyl (C=O) groups is 2. The lowest BCUT2D eigenvalue weighted by Gasteiger charge is -2.45. The van der Waals surface area contributed by atoms with Gasteiger partial charge in [0.2, 0.25) is 11.8 Å². The summed E-state index contributed by atoms with van der Waals surface area (Å²) in [5, 5.41) is 10.2. The van der Waals surface area contributed by atoms with Crippen molar-refractivity contribution < 1.29 is 14.7 Å². The summed E-state index contributed by atoms with van der Waals surface area (Å²) in [6.45, 7) is 2.10. The first-order valence-electron chi connectivity index (χ1n) is 7.92. The van der Waals surface area contributed by atoms with Crippen molar-refractivity contribution in [2.45, 2.75) is 25.4 Å². The Morgan fingerprint density at radius 1 is 1.30 bits per heavy atom. The topological polar surface area (TPSA) is 76.6 Å². The minimum Gasteiger partial charge on any atom is -0.395 e. The number of amides is 2. The second-order valence-electron chi connectivity index (χ2n) is 6.24. The molecule has 1 aromatic carbocycles. The second kappa shape index (κ2) is 5.09. The predicted octanol–water partition coefficient (Wildman–Crippen LogP) is 0.817. The van der Waals surface area contributed by atoms with E-state index in [-0.39, 0.29) is 37.6 Å². The van der Waals surface area contributed by atoms with E-state index in [1.807, 2.05) is 31.2 Å². The van der Waals surface area contributed by atoms with Gasteiger partial charge in [0.15, 0.2) is 0 Å². The van der Waals surface area contributed by atoms with Crippen LogP contribution in [0.25, 0.3) is 10.9 Å². The molecule has 2 aliphatic rings. The third-order valence-electron chi connectivity index (χ3n) is 5.00. The van der Waals surface area contributed by atoms with E-state index in [9.17, 15) is 9.59 Å². The van der Waals surface area contributed by atoms with E-state index < -0.39 is 6.04 Å². The number of nitrogens with zero attached hydrogens (tertiary/aromatic N) is 2. The van der Waals surface area contributed by atoms with Crippen molar-refractivity contribution in [2.75, 3.05) is 19.7 Å². The number of aliphatic hydroxyl groups excluding tert-OH is 1. The number of aromatic amines is 1. The number of H-pyrrole nitrogens is 1. The lowest BCUT2D eigenvalue weighted by Crippen LogP contribution is -2.62. The van der Waals surface area contributed by atoms with Gasteiger partial charge in [0.05, 0.1) is 19.2 Å². The van der Waals surface area contributed by atoms with Crippen LogP contribution in [-0.4, -0.2) is 57.4 Å². The molecular weight excluding hydrogens is 294 g/mol. The number of nitrogens with one attached hydrogen (secondary N) is 1. The molecule has 2 N–H and O–H groups in total. The third kappa shape index (κ3) is 1.98. The van der Waals surface area contributed by atoms with Crippen molar-refractivity contribution in [1.29, 1.82) is 0 Å². The Balaban J connectivity index is 1.80. The standard InChI is InChI=1S/C17H19N3O3/c1-10-16-12(11-4-2-3-5-13(11)18-16)8-14-17(23)19(6-7-21)9-15(22)20(10)14/h2-5,10,14,18,21H,6-9H2,1H3/t10-,14-/m0/s1. The SMILES string of the molecule is C[C@H]1c2[nH]c3ccccc3c2C[C@H]2C(=O)N(CCO)CC(=O)N21. The van der Waals surface area contributed by atoms with Crippen LogP contribution >= 0.6 is 0 Å². The zero-order valence-electron chi connectivity index (χ0n) is 13.0. The number of aliphatic hydroxyl groups is 1. The summed E-state index contributed by atoms with van der Waals surface area (Å²) >= 11 is 0. The first-order chi connectivity index (χ1) is 11.1. The van der Waals surface area contributed by atoms with E-state index in [0.29, 0.717) is 6.42 Å². The van der Waals surface area contributed by atoms with E-state index in [1.165, 1.54) is 4.90 Å². The van der Waals surface area contributed by atoms with Gasteiger partial charge in [0.25, 0.3) is 0 Å². The number of fused-ring (bicyclic) bond motifs is 4. The van der Waals surface area contributed by atoms with E-state index in [0.717, 1.165) is 22.2 Å². The maximum atomic E-state index is 12.7. The first-order valence-corrected chi connectivity index (χ1v) is 7.92. The Kier molecular flexibility index (Phi) is 3.16. The Hall–Kier alpha value is -2.34. The number of β-amino-alcohol motifs (C(OH)–C–C–N with tert-alkyl or cyclic N) is 1. The molecule has 2 amide bonds. The number of hydrogen-bond donors (Lipinski definition) is 2. The maximum Gasteiger partial charge on any atom is 0.246 e. The van der Waals surface area contributed by atoms with Gasteiger partial charge in [-0.2, -0.15) is 0 Å². The molecule has 3 heterocycles. The van der Waals surface area contributed by atoms with E-state index in [4.69, 9.17) is 5.11 Å². The quantitative estimate of drug-likeness (QED) is 0.862. The lowest BCUT2D eigenvalue weighted by molar-refractivity contribution is -0.159. The monoisotopic (exact) mass is 313 g/mol. The molecule has 0 saturated carbocycles. The molecule has 1 fully saturated rings. The average Bonchev–Trinajstić information content (AvgIpc) is 2.92. The maximum absolute atomic E-state index is 12.7. The molecule has 2 aromatic rings. The highest BCUT2D eigenvalue weighted by Crippen LogP contribution is 2.38. The largest absolute Gasteiger partial charge is 0.395 e. The minimum atomic E-state index is -0.468. The molecule has 1 aromatic heterocycles. The van der Waals surface area contributed by atoms with Crippen molar-refractivity contribution >= 4 is 22.7 Å². The Morgan fingerprint density at radius 2 is 2.09 bits per heavy atom. The predicted molar refractivity (Wildman–Crippen MR) is 84.7 cm³/mol. The molecule has 6 nitrogen and oxygen atoms in total. The molecule has 1 saturated heterocycles. The highest BCUT2D eigenvalue weighted by Gasteiger charge is 2.45. The fourth-order valence-electron chi connectivity index (χ4n) is 3.94. The van der Waals surface area contributed by atoms with E-state index in [2.05, 4.69) is 4.98 Å². The van der Waals surface area contributed by atoms with Gasteiger partial charge in [0.1, 0.15) is 6.04 Å². The van der Waals surface area contributed by atoms with Gasteiger partial charge >= 0.3 is 0 Å². The molecule has 120 valence electrons. The number of benzene rings is 1. The van der Waals surface area contributed by atoms with Gasteiger partial charge in [-0.3, -0.25) is 9.59 Å². The van der Waals surface area contributed by atoms with Crippen LogP contribution in [0.15, 0.2) is 24.3 Å². The summed E-state index contributed by atoms with van der Waals surface area (Å²) in [4.78, 5) is 31.8. The van der Waals surface area contributed by atoms with Crippen LogP contribution in [0.5, 0.6) is 0 Å². The Bertz CT molecular complexity index is 797. The molecule has 0 radical (unpaired) electrons. The van der Waals surface area contributed by atoms with Crippen molar-refractivity contribution in [3.05, 3.63) is 35.5 Å². The summed E-state index contributed by atoms with van der Waals surface area (Å²) in [5.74, 6) is -0.124. The molecule has 4 rings (SSSR count). The number of piperazine rings is 1. The summed E-state index contributed by atoms with van der Waals surface area (Å²) in [5.41, 5.74) is 3.19. The first kappa shape index (κ1) is 14.3. The molecule has 6 heteroatoms. The normalized spacial score (nSPS) is 24.1. The van der Waals surface area contributed by atoms with Crippen LogP contribution in [0.2, 0.25) is 0 Å². The molecule has 2 aliphatic heterocycles. The number of para-hydroxylation sites is 1. The lowest BCUT2D eigenvalue weighted by atomic mass is 9.90. The van der Waals surface area contributed by atoms with Crippen molar-refractivity contribution in [1.82, 2.24) is 14.8 Å².